The molecule has 0 saturated carbocycles. The van der Waals surface area contributed by atoms with Crippen molar-refractivity contribution in [1.82, 2.24) is 0 Å². The van der Waals surface area contributed by atoms with Gasteiger partial charge in [-0.05, 0) is 0 Å². The monoisotopic (exact) mass is 217 g/mol. The predicted octanol–water partition coefficient (Wildman–Crippen LogP) is 4.59. The zero-order valence-corrected chi connectivity index (χ0v) is 10.3. The van der Waals surface area contributed by atoms with Gasteiger partial charge in [0.1, 0.15) is 0 Å². The fraction of sp³-hybridized carbons (Fsp3) is 0.500. The molecular weight excluding hydrogens is 196 g/mol. The first-order valence-electron chi connectivity index (χ1n) is 4.82. The molecule has 0 N–H and O–H groups in total. The standard InChI is InChI=1S/3C4H7.Cr/c3*1-3-4-2;/h3*3-4H,1H2,2H3;. The zero-order chi connectivity index (χ0) is 9.94. The van der Waals surface area contributed by atoms with Crippen molar-refractivity contribution in [3.05, 3.63) is 36.5 Å². The summed E-state index contributed by atoms with van der Waals surface area (Å²) in [5, 5.41) is 3.97. The molecule has 0 heterocycles. The van der Waals surface area contributed by atoms with Gasteiger partial charge in [-0.3, -0.25) is 0 Å². The van der Waals surface area contributed by atoms with Gasteiger partial charge >= 0.3 is 87.2 Å². The second kappa shape index (κ2) is 9.84. The Morgan fingerprint density at radius 1 is 0.692 bits per heavy atom. The molecule has 0 rings (SSSR count). The van der Waals surface area contributed by atoms with Crippen LogP contribution in [-0.2, 0) is 14.1 Å². The SMILES string of the molecule is CC=C[CH2][Cr]([CH2]C=CC)[CH2]C=CC. The van der Waals surface area contributed by atoms with Gasteiger partial charge < -0.3 is 0 Å². The number of rotatable bonds is 6. The Labute approximate surface area is 87.4 Å². The molecule has 0 bridgehead atoms. The van der Waals surface area contributed by atoms with Crippen LogP contribution in [0.15, 0.2) is 36.5 Å². The van der Waals surface area contributed by atoms with Crippen LogP contribution < -0.4 is 0 Å². The van der Waals surface area contributed by atoms with Crippen LogP contribution in [0.4, 0.5) is 0 Å². The Bertz CT molecular complexity index is 144. The Morgan fingerprint density at radius 2 is 1.00 bits per heavy atom. The molecule has 0 amide bonds. The van der Waals surface area contributed by atoms with Gasteiger partial charge in [-0.2, -0.15) is 0 Å². The molecule has 0 spiro atoms. The molecular formula is C12H21Cr. The van der Waals surface area contributed by atoms with Gasteiger partial charge in [-0.25, -0.2) is 0 Å². The fourth-order valence-corrected chi connectivity index (χ4v) is 3.72. The van der Waals surface area contributed by atoms with Gasteiger partial charge in [0.15, 0.2) is 0 Å². The van der Waals surface area contributed by atoms with Crippen LogP contribution in [0.5, 0.6) is 0 Å². The van der Waals surface area contributed by atoms with E-state index in [2.05, 4.69) is 57.2 Å². The van der Waals surface area contributed by atoms with E-state index in [-0.39, 0.29) is 0 Å². The molecule has 0 aliphatic rings. The third-order valence-electron chi connectivity index (χ3n) is 1.70. The Kier molecular flexibility index (Phi) is 9.65. The summed E-state index contributed by atoms with van der Waals surface area (Å²) in [6.07, 6.45) is 13.5. The van der Waals surface area contributed by atoms with E-state index in [1.54, 1.807) is 0 Å². The quantitative estimate of drug-likeness (QED) is 0.571. The fourth-order valence-electron chi connectivity index (χ4n) is 0.901. The van der Waals surface area contributed by atoms with Crippen molar-refractivity contribution in [2.24, 2.45) is 0 Å². The van der Waals surface area contributed by atoms with Crippen LogP contribution in [0.2, 0.25) is 15.8 Å². The van der Waals surface area contributed by atoms with Crippen molar-refractivity contribution in [1.29, 1.82) is 0 Å². The van der Waals surface area contributed by atoms with Crippen molar-refractivity contribution < 1.29 is 14.1 Å². The summed E-state index contributed by atoms with van der Waals surface area (Å²) in [5.74, 6) is 0. The van der Waals surface area contributed by atoms with Gasteiger partial charge in [0.2, 0.25) is 0 Å². The van der Waals surface area contributed by atoms with E-state index in [9.17, 15) is 0 Å². The van der Waals surface area contributed by atoms with Crippen molar-refractivity contribution in [2.75, 3.05) is 0 Å². The number of hydrogen-bond acceptors (Lipinski definition) is 0. The molecule has 0 aromatic carbocycles. The molecule has 75 valence electrons. The third-order valence-corrected chi connectivity index (χ3v) is 4.81. The normalized spacial score (nSPS) is 12.9. The van der Waals surface area contributed by atoms with E-state index in [0.29, 0.717) is 0 Å². The summed E-state index contributed by atoms with van der Waals surface area (Å²) in [6, 6.07) is 0. The molecule has 0 radical (unpaired) electrons. The Hall–Kier alpha value is -0.248. The first-order chi connectivity index (χ1) is 6.35. The second-order valence-corrected chi connectivity index (χ2v) is 6.29. The van der Waals surface area contributed by atoms with Gasteiger partial charge in [0.05, 0.1) is 0 Å². The van der Waals surface area contributed by atoms with Crippen molar-refractivity contribution in [3.63, 3.8) is 0 Å². The number of allylic oxidation sites excluding steroid dienone is 6. The van der Waals surface area contributed by atoms with E-state index in [4.69, 9.17) is 0 Å². The molecule has 0 aromatic heterocycles. The maximum atomic E-state index is 2.32. The van der Waals surface area contributed by atoms with Crippen LogP contribution in [0.25, 0.3) is 0 Å². The van der Waals surface area contributed by atoms with Gasteiger partial charge in [0.25, 0.3) is 0 Å². The average Bonchev–Trinajstić information content (AvgIpc) is 2.17. The van der Waals surface area contributed by atoms with Gasteiger partial charge in [-0.15, -0.1) is 0 Å². The Balaban J connectivity index is 3.86. The summed E-state index contributed by atoms with van der Waals surface area (Å²) < 4.78 is 0. The van der Waals surface area contributed by atoms with Crippen molar-refractivity contribution >= 4 is 0 Å². The summed E-state index contributed by atoms with van der Waals surface area (Å²) in [5.41, 5.74) is 0. The molecule has 1 heteroatoms. The number of hydrogen-bond donors (Lipinski definition) is 0. The van der Waals surface area contributed by atoms with E-state index in [0.717, 1.165) is 0 Å². The Morgan fingerprint density at radius 3 is 1.23 bits per heavy atom. The van der Waals surface area contributed by atoms with Gasteiger partial charge in [-0.1, -0.05) is 0 Å². The summed E-state index contributed by atoms with van der Waals surface area (Å²) in [6.45, 7) is 6.32. The molecule has 0 aliphatic carbocycles. The molecule has 0 fully saturated rings. The zero-order valence-electron chi connectivity index (χ0n) is 8.99. The van der Waals surface area contributed by atoms with E-state index >= 15 is 0 Å². The van der Waals surface area contributed by atoms with E-state index in [1.807, 2.05) is 0 Å². The van der Waals surface area contributed by atoms with E-state index < -0.39 is 14.1 Å². The van der Waals surface area contributed by atoms with Crippen molar-refractivity contribution in [3.8, 4) is 0 Å². The third kappa shape index (κ3) is 8.09. The second-order valence-electron chi connectivity index (χ2n) is 2.82. The summed E-state index contributed by atoms with van der Waals surface area (Å²) >= 11 is -0.414. The molecule has 0 atom stereocenters. The van der Waals surface area contributed by atoms with Crippen LogP contribution in [0.3, 0.4) is 0 Å². The minimum atomic E-state index is -0.414. The van der Waals surface area contributed by atoms with Crippen LogP contribution in [-0.4, -0.2) is 0 Å². The van der Waals surface area contributed by atoms with Crippen LogP contribution in [0.1, 0.15) is 20.8 Å². The topological polar surface area (TPSA) is 0 Å². The van der Waals surface area contributed by atoms with E-state index in [1.165, 1.54) is 15.8 Å². The first-order valence-corrected chi connectivity index (χ1v) is 7.53. The average molecular weight is 217 g/mol. The summed E-state index contributed by atoms with van der Waals surface area (Å²) in [4.78, 5) is 0. The molecule has 0 nitrogen and oxygen atoms in total. The summed E-state index contributed by atoms with van der Waals surface area (Å²) in [7, 11) is 0. The molecule has 0 aromatic rings. The minimum absolute atomic E-state index is 0.414. The van der Waals surface area contributed by atoms with Crippen LogP contribution in [0, 0.1) is 0 Å². The first kappa shape index (κ1) is 12.8. The van der Waals surface area contributed by atoms with Crippen LogP contribution >= 0.6 is 0 Å². The molecule has 0 saturated heterocycles. The van der Waals surface area contributed by atoms with Gasteiger partial charge in [0, 0.05) is 0 Å². The molecule has 0 unspecified atom stereocenters. The van der Waals surface area contributed by atoms with Crippen molar-refractivity contribution in [2.45, 2.75) is 36.6 Å². The molecule has 0 aliphatic heterocycles. The molecule has 13 heavy (non-hydrogen) atoms. The predicted molar refractivity (Wildman–Crippen MR) is 58.9 cm³/mol. The maximum absolute atomic E-state index is 2.32.